The smallest absolute Gasteiger partial charge is 0.0708 e. The van der Waals surface area contributed by atoms with Gasteiger partial charge in [-0.25, -0.2) is 0 Å². The van der Waals surface area contributed by atoms with Crippen LogP contribution in [0.4, 0.5) is 0 Å². The summed E-state index contributed by atoms with van der Waals surface area (Å²) >= 11 is 0. The van der Waals surface area contributed by atoms with Crippen molar-refractivity contribution in [1.82, 2.24) is 4.98 Å². The minimum atomic E-state index is -2.24. The second kappa shape index (κ2) is 6.96. The summed E-state index contributed by atoms with van der Waals surface area (Å²) in [7, 11) is 0. The number of aromatic nitrogens is 1. The molecule has 1 heteroatoms. The number of hydrogen-bond acceptors (Lipinski definition) is 1. The fourth-order valence-corrected chi connectivity index (χ4v) is 3.11. The highest BCUT2D eigenvalue weighted by Crippen LogP contribution is 2.35. The molecule has 1 nitrogen and oxygen atoms in total. The van der Waals surface area contributed by atoms with E-state index in [0.717, 1.165) is 22.4 Å². The molecular formula is C26H31N. The molecule has 2 aromatic carbocycles. The van der Waals surface area contributed by atoms with E-state index in [-0.39, 0.29) is 16.4 Å². The molecule has 3 aromatic rings. The van der Waals surface area contributed by atoms with Gasteiger partial charge in [0.2, 0.25) is 0 Å². The van der Waals surface area contributed by atoms with Crippen molar-refractivity contribution in [2.24, 2.45) is 0 Å². The Morgan fingerprint density at radius 3 is 1.85 bits per heavy atom. The van der Waals surface area contributed by atoms with Crippen LogP contribution in [-0.4, -0.2) is 4.98 Å². The van der Waals surface area contributed by atoms with E-state index in [0.29, 0.717) is 0 Å². The molecule has 0 unspecified atom stereocenters. The third-order valence-corrected chi connectivity index (χ3v) is 4.95. The molecule has 0 saturated carbocycles. The van der Waals surface area contributed by atoms with Gasteiger partial charge >= 0.3 is 0 Å². The summed E-state index contributed by atoms with van der Waals surface area (Å²) in [5.74, 6) is 0. The van der Waals surface area contributed by atoms with Gasteiger partial charge in [-0.05, 0) is 51.6 Å². The molecule has 0 N–H and O–H groups in total. The Bertz CT molecular complexity index is 1000. The predicted octanol–water partition coefficient (Wildman–Crippen LogP) is 7.32. The Morgan fingerprint density at radius 1 is 0.741 bits per heavy atom. The second-order valence-corrected chi connectivity index (χ2v) is 9.28. The zero-order valence-electron chi connectivity index (χ0n) is 20.2. The minimum absolute atomic E-state index is 0.0502. The number of nitrogens with zero attached hydrogens (tertiary/aromatic N) is 1. The topological polar surface area (TPSA) is 12.9 Å². The predicted molar refractivity (Wildman–Crippen MR) is 117 cm³/mol. The van der Waals surface area contributed by atoms with Crippen LogP contribution in [-0.2, 0) is 10.8 Å². The molecule has 0 saturated heterocycles. The van der Waals surface area contributed by atoms with Crippen molar-refractivity contribution in [1.29, 1.82) is 0 Å². The summed E-state index contributed by atoms with van der Waals surface area (Å²) in [5.41, 5.74) is 5.97. The van der Waals surface area contributed by atoms with Gasteiger partial charge < -0.3 is 0 Å². The Morgan fingerprint density at radius 2 is 1.33 bits per heavy atom. The molecule has 0 aliphatic rings. The van der Waals surface area contributed by atoms with Crippen molar-refractivity contribution < 1.29 is 4.11 Å². The van der Waals surface area contributed by atoms with Crippen molar-refractivity contribution in [2.45, 2.75) is 59.2 Å². The van der Waals surface area contributed by atoms with E-state index >= 15 is 0 Å². The number of rotatable bonds is 2. The molecule has 0 radical (unpaired) electrons. The molecule has 3 rings (SSSR count). The number of pyridine rings is 1. The maximum Gasteiger partial charge on any atom is 0.0708 e. The molecule has 1 aromatic heterocycles. The van der Waals surface area contributed by atoms with Crippen molar-refractivity contribution >= 4 is 0 Å². The van der Waals surface area contributed by atoms with Crippen LogP contribution in [0.2, 0.25) is 0 Å². The molecule has 140 valence electrons. The first kappa shape index (κ1) is 15.6. The van der Waals surface area contributed by atoms with Crippen LogP contribution in [0.3, 0.4) is 0 Å². The van der Waals surface area contributed by atoms with Crippen molar-refractivity contribution in [3.05, 3.63) is 77.5 Å². The highest BCUT2D eigenvalue weighted by molar-refractivity contribution is 5.74. The van der Waals surface area contributed by atoms with Gasteiger partial charge in [-0.3, -0.25) is 4.98 Å². The van der Waals surface area contributed by atoms with Gasteiger partial charge in [0.1, 0.15) is 0 Å². The molecule has 0 fully saturated rings. The molecule has 1 heterocycles. The zero-order valence-corrected chi connectivity index (χ0v) is 17.2. The summed E-state index contributed by atoms with van der Waals surface area (Å²) in [6.07, 6.45) is 1.52. The maximum atomic E-state index is 8.08. The molecule has 0 atom stereocenters. The van der Waals surface area contributed by atoms with Gasteiger partial charge in [-0.15, -0.1) is 0 Å². The lowest BCUT2D eigenvalue weighted by Crippen LogP contribution is -2.16. The number of hydrogen-bond donors (Lipinski definition) is 0. The fraction of sp³-hybridized carbons (Fsp3) is 0.346. The van der Waals surface area contributed by atoms with E-state index < -0.39 is 6.85 Å². The average Bonchev–Trinajstić information content (AvgIpc) is 2.66. The van der Waals surface area contributed by atoms with Gasteiger partial charge in [0.25, 0.3) is 0 Å². The van der Waals surface area contributed by atoms with E-state index in [4.69, 9.17) is 4.11 Å². The van der Waals surface area contributed by atoms with Crippen molar-refractivity contribution in [3.8, 4) is 22.4 Å². The van der Waals surface area contributed by atoms with E-state index in [2.05, 4.69) is 64.7 Å². The Balaban J connectivity index is 2.32. The molecular weight excluding hydrogens is 326 g/mol. The van der Waals surface area contributed by atoms with Crippen LogP contribution in [0.15, 0.2) is 60.8 Å². The fourth-order valence-electron chi connectivity index (χ4n) is 3.11. The number of benzene rings is 2. The monoisotopic (exact) mass is 360 g/mol. The Hall–Kier alpha value is -2.41. The van der Waals surface area contributed by atoms with Crippen LogP contribution < -0.4 is 0 Å². The van der Waals surface area contributed by atoms with Crippen molar-refractivity contribution in [2.75, 3.05) is 0 Å². The van der Waals surface area contributed by atoms with Crippen LogP contribution in [0.5, 0.6) is 0 Å². The molecule has 0 aliphatic heterocycles. The average molecular weight is 361 g/mol. The standard InChI is InChI=1S/C26H31N/c1-18-17-27-24(19-11-9-8-10-12-19)16-23(18)20-13-21(25(2,3)4)15-22(14-20)26(5,6)7/h8-17H,1-7H3/i1D3. The van der Waals surface area contributed by atoms with Gasteiger partial charge in [0.05, 0.1) is 5.69 Å². The first-order valence-electron chi connectivity index (χ1n) is 11.0. The van der Waals surface area contributed by atoms with Gasteiger partial charge in [0.15, 0.2) is 0 Å². The van der Waals surface area contributed by atoms with E-state index in [1.165, 1.54) is 17.3 Å². The lowest BCUT2D eigenvalue weighted by molar-refractivity contribution is 0.569. The van der Waals surface area contributed by atoms with E-state index in [1.54, 1.807) is 0 Å². The maximum absolute atomic E-state index is 8.08. The summed E-state index contributed by atoms with van der Waals surface area (Å²) in [6.45, 7) is 10.9. The highest BCUT2D eigenvalue weighted by Gasteiger charge is 2.21. The summed E-state index contributed by atoms with van der Waals surface area (Å²) in [6, 6.07) is 18.3. The normalized spacial score (nSPS) is 14.4. The first-order chi connectivity index (χ1) is 13.8. The van der Waals surface area contributed by atoms with E-state index in [9.17, 15) is 0 Å². The lowest BCUT2D eigenvalue weighted by Gasteiger charge is -2.26. The second-order valence-electron chi connectivity index (χ2n) is 9.28. The SMILES string of the molecule is [2H]C([2H])([2H])c1cnc(-c2ccccc2)cc1-c1cc(C(C)(C)C)cc(C(C)(C)C)c1. The summed E-state index contributed by atoms with van der Waals surface area (Å²) < 4.78 is 24.3. The van der Waals surface area contributed by atoms with E-state index in [1.807, 2.05) is 36.4 Å². The summed E-state index contributed by atoms with van der Waals surface area (Å²) in [5, 5.41) is 0. The Labute approximate surface area is 168 Å². The third-order valence-electron chi connectivity index (χ3n) is 4.95. The van der Waals surface area contributed by atoms with Crippen molar-refractivity contribution in [3.63, 3.8) is 0 Å². The minimum Gasteiger partial charge on any atom is -0.256 e. The van der Waals surface area contributed by atoms with Gasteiger partial charge in [-0.1, -0.05) is 90.1 Å². The van der Waals surface area contributed by atoms with Crippen LogP contribution in [0, 0.1) is 6.85 Å². The van der Waals surface area contributed by atoms with Gasteiger partial charge in [0, 0.05) is 15.9 Å². The Kier molecular flexibility index (Phi) is 4.03. The molecule has 27 heavy (non-hydrogen) atoms. The molecule has 0 amide bonds. The molecule has 0 spiro atoms. The largest absolute Gasteiger partial charge is 0.256 e. The zero-order chi connectivity index (χ0) is 22.3. The van der Waals surface area contributed by atoms with Crippen LogP contribution in [0.1, 0.15) is 62.3 Å². The summed E-state index contributed by atoms with van der Waals surface area (Å²) in [4.78, 5) is 4.48. The van der Waals surface area contributed by atoms with Crippen LogP contribution >= 0.6 is 0 Å². The lowest BCUT2D eigenvalue weighted by atomic mass is 9.78. The van der Waals surface area contributed by atoms with Crippen LogP contribution in [0.25, 0.3) is 22.4 Å². The molecule has 0 aliphatic carbocycles. The molecule has 0 bridgehead atoms. The quantitative estimate of drug-likeness (QED) is 0.466. The number of aryl methyl sites for hydroxylation is 1. The first-order valence-corrected chi connectivity index (χ1v) is 9.49. The highest BCUT2D eigenvalue weighted by atomic mass is 14.7. The third kappa shape index (κ3) is 4.30. The van der Waals surface area contributed by atoms with Gasteiger partial charge in [-0.2, -0.15) is 0 Å².